The molecule has 0 amide bonds. The summed E-state index contributed by atoms with van der Waals surface area (Å²) in [4.78, 5) is 11.0. The maximum absolute atomic E-state index is 13.3. The molecule has 82 valence electrons. The van der Waals surface area contributed by atoms with Crippen molar-refractivity contribution in [3.63, 3.8) is 0 Å². The van der Waals surface area contributed by atoms with Gasteiger partial charge in [0, 0.05) is 0 Å². The van der Waals surface area contributed by atoms with Crippen LogP contribution in [0, 0.1) is 0 Å². The number of esters is 1. The van der Waals surface area contributed by atoms with E-state index >= 15 is 0 Å². The molecule has 0 aliphatic carbocycles. The number of rotatable bonds is 4. The molecule has 2 atom stereocenters. The number of hydrogen-bond donors (Lipinski definition) is 1. The van der Waals surface area contributed by atoms with Gasteiger partial charge in [0.15, 0.2) is 0 Å². The molecule has 1 aromatic carbocycles. The van der Waals surface area contributed by atoms with Crippen LogP contribution in [0.15, 0.2) is 30.3 Å². The normalized spacial score (nSPS) is 14.3. The highest BCUT2D eigenvalue weighted by Crippen LogP contribution is 2.19. The number of carbonyl (C=O) groups excluding carboxylic acids is 1. The first kappa shape index (κ1) is 11.7. The van der Waals surface area contributed by atoms with E-state index in [4.69, 9.17) is 0 Å². The summed E-state index contributed by atoms with van der Waals surface area (Å²) in [5, 5.41) is 9.51. The first-order chi connectivity index (χ1) is 7.16. The molecule has 0 saturated heterocycles. The molecule has 0 aliphatic heterocycles. The summed E-state index contributed by atoms with van der Waals surface area (Å²) in [6.07, 6.45) is -3.50. The van der Waals surface area contributed by atoms with E-state index in [1.54, 1.807) is 37.3 Å². The predicted octanol–water partition coefficient (Wildman–Crippen LogP) is 1.62. The van der Waals surface area contributed by atoms with Gasteiger partial charge >= 0.3 is 5.97 Å². The van der Waals surface area contributed by atoms with Gasteiger partial charge in [-0.25, -0.2) is 9.18 Å². The van der Waals surface area contributed by atoms with E-state index in [9.17, 15) is 14.3 Å². The molecule has 0 radical (unpaired) electrons. The molecule has 0 fully saturated rings. The van der Waals surface area contributed by atoms with Gasteiger partial charge in [-0.1, -0.05) is 30.3 Å². The van der Waals surface area contributed by atoms with Gasteiger partial charge in [0.2, 0.25) is 6.17 Å². The molecule has 0 aliphatic rings. The van der Waals surface area contributed by atoms with Gasteiger partial charge in [-0.05, 0) is 12.5 Å². The molecule has 0 spiro atoms. The number of benzene rings is 1. The summed E-state index contributed by atoms with van der Waals surface area (Å²) in [7, 11) is 0. The van der Waals surface area contributed by atoms with Gasteiger partial charge in [0.1, 0.15) is 6.10 Å². The number of ether oxygens (including phenoxy) is 1. The lowest BCUT2D eigenvalue weighted by molar-refractivity contribution is -0.153. The van der Waals surface area contributed by atoms with Gasteiger partial charge in [0.25, 0.3) is 0 Å². The third kappa shape index (κ3) is 3.02. The Labute approximate surface area is 87.5 Å². The fourth-order valence-corrected chi connectivity index (χ4v) is 1.17. The molecular formula is C11H13FO3. The molecular weight excluding hydrogens is 199 g/mol. The Hall–Kier alpha value is -1.42. The van der Waals surface area contributed by atoms with E-state index in [1.165, 1.54) is 0 Å². The predicted molar refractivity (Wildman–Crippen MR) is 52.9 cm³/mol. The first-order valence-corrected chi connectivity index (χ1v) is 4.70. The Morgan fingerprint density at radius 3 is 2.60 bits per heavy atom. The summed E-state index contributed by atoms with van der Waals surface area (Å²) < 4.78 is 17.8. The molecule has 1 aromatic rings. The van der Waals surface area contributed by atoms with Crippen LogP contribution in [0.3, 0.4) is 0 Å². The van der Waals surface area contributed by atoms with Crippen molar-refractivity contribution in [1.82, 2.24) is 0 Å². The molecule has 0 aromatic heterocycles. The average molecular weight is 212 g/mol. The van der Waals surface area contributed by atoms with Crippen molar-refractivity contribution in [2.45, 2.75) is 19.2 Å². The summed E-state index contributed by atoms with van der Waals surface area (Å²) in [5.74, 6) is -1.03. The monoisotopic (exact) mass is 212 g/mol. The van der Waals surface area contributed by atoms with Crippen molar-refractivity contribution < 1.29 is 19.0 Å². The topological polar surface area (TPSA) is 46.5 Å². The lowest BCUT2D eigenvalue weighted by atomic mass is 10.1. The number of aliphatic hydroxyl groups is 1. The SMILES string of the molecule is CCOC(=O)[C@H](F)[C@@H](O)c1ccccc1. The van der Waals surface area contributed by atoms with E-state index in [1.807, 2.05) is 0 Å². The van der Waals surface area contributed by atoms with Crippen LogP contribution in [0.5, 0.6) is 0 Å². The first-order valence-electron chi connectivity index (χ1n) is 4.70. The van der Waals surface area contributed by atoms with Gasteiger partial charge in [0.05, 0.1) is 6.61 Å². The van der Waals surface area contributed by atoms with E-state index in [0.29, 0.717) is 5.56 Å². The second-order valence-electron chi connectivity index (χ2n) is 3.01. The van der Waals surface area contributed by atoms with Crippen LogP contribution in [-0.2, 0) is 9.53 Å². The van der Waals surface area contributed by atoms with Gasteiger partial charge in [-0.15, -0.1) is 0 Å². The van der Waals surface area contributed by atoms with Crippen LogP contribution in [-0.4, -0.2) is 23.9 Å². The third-order valence-corrected chi connectivity index (χ3v) is 1.93. The summed E-state index contributed by atoms with van der Waals surface area (Å²) in [6, 6.07) is 8.17. The highest BCUT2D eigenvalue weighted by molar-refractivity contribution is 5.75. The zero-order valence-electron chi connectivity index (χ0n) is 8.39. The smallest absolute Gasteiger partial charge is 0.343 e. The van der Waals surface area contributed by atoms with E-state index < -0.39 is 18.2 Å². The summed E-state index contributed by atoms with van der Waals surface area (Å²) in [6.45, 7) is 1.68. The summed E-state index contributed by atoms with van der Waals surface area (Å²) in [5.41, 5.74) is 0.359. The van der Waals surface area contributed by atoms with E-state index in [0.717, 1.165) is 0 Å². The van der Waals surface area contributed by atoms with Crippen molar-refractivity contribution in [3.8, 4) is 0 Å². The summed E-state index contributed by atoms with van der Waals surface area (Å²) >= 11 is 0. The second-order valence-corrected chi connectivity index (χ2v) is 3.01. The minimum atomic E-state index is -2.03. The number of halogens is 1. The van der Waals surface area contributed by atoms with Crippen molar-refractivity contribution in [1.29, 1.82) is 0 Å². The third-order valence-electron chi connectivity index (χ3n) is 1.93. The molecule has 0 unspecified atom stereocenters. The number of aliphatic hydroxyl groups excluding tert-OH is 1. The Kier molecular flexibility index (Phi) is 4.24. The molecule has 3 nitrogen and oxygen atoms in total. The lowest BCUT2D eigenvalue weighted by Crippen LogP contribution is -2.25. The minimum Gasteiger partial charge on any atom is -0.464 e. The molecule has 0 bridgehead atoms. The quantitative estimate of drug-likeness (QED) is 0.771. The van der Waals surface area contributed by atoms with Gasteiger partial charge < -0.3 is 9.84 Å². The Bertz CT molecular complexity index is 313. The highest BCUT2D eigenvalue weighted by atomic mass is 19.1. The second kappa shape index (κ2) is 5.46. The largest absolute Gasteiger partial charge is 0.464 e. The maximum Gasteiger partial charge on any atom is 0.343 e. The average Bonchev–Trinajstić information content (AvgIpc) is 2.28. The van der Waals surface area contributed by atoms with Gasteiger partial charge in [-0.3, -0.25) is 0 Å². The van der Waals surface area contributed by atoms with Crippen LogP contribution < -0.4 is 0 Å². The lowest BCUT2D eigenvalue weighted by Gasteiger charge is -2.14. The number of carbonyl (C=O) groups is 1. The Morgan fingerprint density at radius 2 is 2.07 bits per heavy atom. The molecule has 1 rings (SSSR count). The molecule has 1 N–H and O–H groups in total. The minimum absolute atomic E-state index is 0.0980. The van der Waals surface area contributed by atoms with Crippen LogP contribution in [0.2, 0.25) is 0 Å². The van der Waals surface area contributed by atoms with Crippen LogP contribution in [0.4, 0.5) is 4.39 Å². The van der Waals surface area contributed by atoms with Crippen molar-refractivity contribution >= 4 is 5.97 Å². The molecule has 4 heteroatoms. The fourth-order valence-electron chi connectivity index (χ4n) is 1.17. The van der Waals surface area contributed by atoms with E-state index in [-0.39, 0.29) is 6.61 Å². The highest BCUT2D eigenvalue weighted by Gasteiger charge is 2.28. The van der Waals surface area contributed by atoms with Crippen LogP contribution in [0.1, 0.15) is 18.6 Å². The Morgan fingerprint density at radius 1 is 1.47 bits per heavy atom. The van der Waals surface area contributed by atoms with Gasteiger partial charge in [-0.2, -0.15) is 0 Å². The standard InChI is InChI=1S/C11H13FO3/c1-2-15-11(14)9(12)10(13)8-6-4-3-5-7-8/h3-7,9-10,13H,2H2,1H3/t9-,10+/m1/s1. The fraction of sp³-hybridized carbons (Fsp3) is 0.364. The zero-order valence-corrected chi connectivity index (χ0v) is 8.39. The molecule has 15 heavy (non-hydrogen) atoms. The van der Waals surface area contributed by atoms with E-state index in [2.05, 4.69) is 4.74 Å². The van der Waals surface area contributed by atoms with Crippen LogP contribution in [0.25, 0.3) is 0 Å². The van der Waals surface area contributed by atoms with Crippen molar-refractivity contribution in [2.75, 3.05) is 6.61 Å². The van der Waals surface area contributed by atoms with Crippen LogP contribution >= 0.6 is 0 Å². The maximum atomic E-state index is 13.3. The van der Waals surface area contributed by atoms with Crippen molar-refractivity contribution in [2.24, 2.45) is 0 Å². The molecule has 0 heterocycles. The number of hydrogen-bond acceptors (Lipinski definition) is 3. The van der Waals surface area contributed by atoms with Crippen molar-refractivity contribution in [3.05, 3.63) is 35.9 Å². The zero-order chi connectivity index (χ0) is 11.3. The number of alkyl halides is 1. The Balaban J connectivity index is 2.68. The molecule has 0 saturated carbocycles.